The Morgan fingerprint density at radius 2 is 2.21 bits per heavy atom. The number of aryl methyl sites for hydroxylation is 1. The molecular formula is C11H14N2O4S2. The average molecular weight is 302 g/mol. The largest absolute Gasteiger partial charge is 0.477 e. The number of nitrogens with one attached hydrogen (secondary N) is 1. The minimum absolute atomic E-state index is 0.00218. The van der Waals surface area contributed by atoms with Crippen LogP contribution in [-0.4, -0.2) is 26.0 Å². The van der Waals surface area contributed by atoms with Crippen LogP contribution in [0.25, 0.3) is 0 Å². The summed E-state index contributed by atoms with van der Waals surface area (Å²) in [5.41, 5.74) is 0. The maximum Gasteiger partial charge on any atom is 0.345 e. The average Bonchev–Trinajstić information content (AvgIpc) is 2.72. The summed E-state index contributed by atoms with van der Waals surface area (Å²) >= 11 is 0.935. The lowest BCUT2D eigenvalue weighted by molar-refractivity contribution is 0.0702. The monoisotopic (exact) mass is 302 g/mol. The zero-order chi connectivity index (χ0) is 14.5. The third kappa shape index (κ3) is 4.31. The molecule has 0 aliphatic heterocycles. The second-order valence-electron chi connectivity index (χ2n) is 3.85. The van der Waals surface area contributed by atoms with Crippen molar-refractivity contribution in [2.45, 2.75) is 31.1 Å². The quantitative estimate of drug-likeness (QED) is 0.746. The van der Waals surface area contributed by atoms with Gasteiger partial charge in [0.1, 0.15) is 4.88 Å². The van der Waals surface area contributed by atoms with E-state index < -0.39 is 16.0 Å². The highest BCUT2D eigenvalue weighted by Crippen LogP contribution is 2.25. The van der Waals surface area contributed by atoms with E-state index in [0.717, 1.165) is 11.3 Å². The van der Waals surface area contributed by atoms with Gasteiger partial charge in [0.05, 0.1) is 11.0 Å². The third-order valence-corrected chi connectivity index (χ3v) is 5.13. The molecule has 0 saturated heterocycles. The molecule has 0 bridgehead atoms. The van der Waals surface area contributed by atoms with E-state index in [0.29, 0.717) is 24.1 Å². The van der Waals surface area contributed by atoms with Crippen LogP contribution < -0.4 is 4.72 Å². The van der Waals surface area contributed by atoms with Crippen molar-refractivity contribution in [3.63, 3.8) is 0 Å². The molecule has 1 aromatic rings. The van der Waals surface area contributed by atoms with Gasteiger partial charge in [-0.3, -0.25) is 0 Å². The number of carboxylic acids is 1. The lowest BCUT2D eigenvalue weighted by Gasteiger charge is -2.05. The SMILES string of the molecule is Cc1sc(C(=O)O)cc1S(=O)(=O)NCCCCC#N. The smallest absolute Gasteiger partial charge is 0.345 e. The molecule has 6 nitrogen and oxygen atoms in total. The van der Waals surface area contributed by atoms with Crippen LogP contribution in [0.2, 0.25) is 0 Å². The molecule has 0 aliphatic carbocycles. The molecule has 2 N–H and O–H groups in total. The van der Waals surface area contributed by atoms with Crippen molar-refractivity contribution in [3.8, 4) is 6.07 Å². The van der Waals surface area contributed by atoms with Crippen molar-refractivity contribution in [2.75, 3.05) is 6.54 Å². The molecule has 0 saturated carbocycles. The number of sulfonamides is 1. The molecule has 0 atom stereocenters. The summed E-state index contributed by atoms with van der Waals surface area (Å²) in [6.45, 7) is 1.81. The molecule has 0 aromatic carbocycles. The Morgan fingerprint density at radius 1 is 1.53 bits per heavy atom. The highest BCUT2D eigenvalue weighted by Gasteiger charge is 2.21. The molecule has 19 heavy (non-hydrogen) atoms. The van der Waals surface area contributed by atoms with Gasteiger partial charge >= 0.3 is 5.97 Å². The number of nitrogens with zero attached hydrogens (tertiary/aromatic N) is 1. The van der Waals surface area contributed by atoms with Gasteiger partial charge in [-0.05, 0) is 25.8 Å². The number of hydrogen-bond acceptors (Lipinski definition) is 5. The predicted molar refractivity (Wildman–Crippen MR) is 70.7 cm³/mol. The summed E-state index contributed by atoms with van der Waals surface area (Å²) in [5, 5.41) is 17.2. The molecule has 1 aromatic heterocycles. The molecule has 8 heteroatoms. The fourth-order valence-electron chi connectivity index (χ4n) is 1.45. The second kappa shape index (κ2) is 6.65. The van der Waals surface area contributed by atoms with Gasteiger partial charge < -0.3 is 5.11 Å². The van der Waals surface area contributed by atoms with E-state index >= 15 is 0 Å². The van der Waals surface area contributed by atoms with Gasteiger partial charge in [-0.2, -0.15) is 5.26 Å². The zero-order valence-electron chi connectivity index (χ0n) is 10.3. The van der Waals surface area contributed by atoms with E-state index in [9.17, 15) is 13.2 Å². The van der Waals surface area contributed by atoms with Crippen LogP contribution in [0.3, 0.4) is 0 Å². The molecule has 0 spiro atoms. The molecule has 0 unspecified atom stereocenters. The lowest BCUT2D eigenvalue weighted by atomic mass is 10.2. The van der Waals surface area contributed by atoms with E-state index in [-0.39, 0.29) is 16.3 Å². The molecule has 0 fully saturated rings. The molecule has 0 aliphatic rings. The van der Waals surface area contributed by atoms with Gasteiger partial charge in [0, 0.05) is 17.8 Å². The van der Waals surface area contributed by atoms with E-state index in [1.54, 1.807) is 6.92 Å². The van der Waals surface area contributed by atoms with Crippen molar-refractivity contribution in [1.82, 2.24) is 4.72 Å². The van der Waals surface area contributed by atoms with Crippen molar-refractivity contribution < 1.29 is 18.3 Å². The van der Waals surface area contributed by atoms with Crippen LogP contribution in [0.4, 0.5) is 0 Å². The normalized spacial score (nSPS) is 11.2. The maximum absolute atomic E-state index is 12.0. The Balaban J connectivity index is 2.72. The Labute approximate surface area is 115 Å². The standard InChI is InChI=1S/C11H14N2O4S2/c1-8-10(7-9(18-8)11(14)15)19(16,17)13-6-4-2-3-5-12/h7,13H,2-4,6H2,1H3,(H,14,15). The van der Waals surface area contributed by atoms with Crippen LogP contribution in [0.5, 0.6) is 0 Å². The number of thiophene rings is 1. The number of rotatable bonds is 7. The molecular weight excluding hydrogens is 288 g/mol. The molecule has 104 valence electrons. The van der Waals surface area contributed by atoms with Crippen LogP contribution in [0, 0.1) is 18.3 Å². The van der Waals surface area contributed by atoms with Gasteiger partial charge in [0.25, 0.3) is 0 Å². The summed E-state index contributed by atoms with van der Waals surface area (Å²) in [5.74, 6) is -1.14. The summed E-state index contributed by atoms with van der Waals surface area (Å²) in [4.78, 5) is 11.2. The Hall–Kier alpha value is -1.43. The van der Waals surface area contributed by atoms with Crippen LogP contribution in [0.15, 0.2) is 11.0 Å². The molecule has 0 amide bonds. The first kappa shape index (κ1) is 15.6. The number of hydrogen-bond donors (Lipinski definition) is 2. The van der Waals surface area contributed by atoms with Crippen molar-refractivity contribution in [2.24, 2.45) is 0 Å². The summed E-state index contributed by atoms with van der Waals surface area (Å²) in [7, 11) is -3.68. The highest BCUT2D eigenvalue weighted by molar-refractivity contribution is 7.89. The van der Waals surface area contributed by atoms with Crippen LogP contribution in [0.1, 0.15) is 33.8 Å². The maximum atomic E-state index is 12.0. The third-order valence-electron chi connectivity index (χ3n) is 2.38. The minimum Gasteiger partial charge on any atom is -0.477 e. The van der Waals surface area contributed by atoms with Gasteiger partial charge in [-0.25, -0.2) is 17.9 Å². The van der Waals surface area contributed by atoms with Crippen LogP contribution >= 0.6 is 11.3 Å². The van der Waals surface area contributed by atoms with Crippen molar-refractivity contribution >= 4 is 27.3 Å². The first-order chi connectivity index (χ1) is 8.88. The fraction of sp³-hybridized carbons (Fsp3) is 0.455. The Bertz CT molecular complexity index is 599. The lowest BCUT2D eigenvalue weighted by Crippen LogP contribution is -2.24. The number of nitriles is 1. The molecule has 0 radical (unpaired) electrons. The first-order valence-electron chi connectivity index (χ1n) is 5.59. The number of unbranched alkanes of at least 4 members (excludes halogenated alkanes) is 2. The number of carboxylic acid groups (broad SMARTS) is 1. The van der Waals surface area contributed by atoms with Gasteiger partial charge in [0.15, 0.2) is 0 Å². The highest BCUT2D eigenvalue weighted by atomic mass is 32.2. The Kier molecular flexibility index (Phi) is 5.47. The van der Waals surface area contributed by atoms with E-state index in [4.69, 9.17) is 10.4 Å². The number of aromatic carboxylic acids is 1. The van der Waals surface area contributed by atoms with E-state index in [1.807, 2.05) is 6.07 Å². The van der Waals surface area contributed by atoms with Crippen LogP contribution in [-0.2, 0) is 10.0 Å². The number of carbonyl (C=O) groups is 1. The zero-order valence-corrected chi connectivity index (χ0v) is 12.0. The molecule has 1 heterocycles. The second-order valence-corrected chi connectivity index (χ2v) is 6.84. The summed E-state index contributed by atoms with van der Waals surface area (Å²) < 4.78 is 26.3. The topological polar surface area (TPSA) is 107 Å². The van der Waals surface area contributed by atoms with E-state index in [2.05, 4.69) is 4.72 Å². The van der Waals surface area contributed by atoms with Gasteiger partial charge in [-0.15, -0.1) is 11.3 Å². The van der Waals surface area contributed by atoms with E-state index in [1.165, 1.54) is 6.07 Å². The van der Waals surface area contributed by atoms with Gasteiger partial charge in [0.2, 0.25) is 10.0 Å². The summed E-state index contributed by atoms with van der Waals surface area (Å²) in [6.07, 6.45) is 1.59. The van der Waals surface area contributed by atoms with Gasteiger partial charge in [-0.1, -0.05) is 0 Å². The fourth-order valence-corrected chi connectivity index (χ4v) is 3.95. The molecule has 1 rings (SSSR count). The predicted octanol–water partition coefficient (Wildman–Crippen LogP) is 1.73. The Morgan fingerprint density at radius 3 is 2.74 bits per heavy atom. The minimum atomic E-state index is -3.68. The summed E-state index contributed by atoms with van der Waals surface area (Å²) in [6, 6.07) is 3.15. The first-order valence-corrected chi connectivity index (χ1v) is 7.89. The van der Waals surface area contributed by atoms with Crippen molar-refractivity contribution in [1.29, 1.82) is 5.26 Å². The van der Waals surface area contributed by atoms with Crippen molar-refractivity contribution in [3.05, 3.63) is 15.8 Å².